The number of anilines is 2. The lowest BCUT2D eigenvalue weighted by molar-refractivity contribution is -0.141. The van der Waals surface area contributed by atoms with Gasteiger partial charge >= 0.3 is 6.18 Å². The molecule has 0 aliphatic heterocycles. The number of halogens is 3. The third kappa shape index (κ3) is 2.70. The van der Waals surface area contributed by atoms with Crippen LogP contribution in [0, 0.1) is 0 Å². The Morgan fingerprint density at radius 3 is 2.64 bits per heavy atom. The third-order valence-electron chi connectivity index (χ3n) is 3.78. The van der Waals surface area contributed by atoms with E-state index in [9.17, 15) is 18.0 Å². The molecule has 2 aromatic rings. The Morgan fingerprint density at radius 2 is 1.91 bits per heavy atom. The van der Waals surface area contributed by atoms with Crippen molar-refractivity contribution < 1.29 is 13.2 Å². The summed E-state index contributed by atoms with van der Waals surface area (Å²) in [5, 5.41) is 2.81. The Morgan fingerprint density at radius 1 is 1.18 bits per heavy atom. The molecular formula is C15H14F3N3O. The standard InChI is InChI=1S/C15H14F3N3O/c1-21-13(22)8-12(15(16,17)18)20-14(21)19-11-6-5-9-3-2-4-10(9)7-11/h5-8H,2-4H2,1H3,(H,19,20). The van der Waals surface area contributed by atoms with Crippen LogP contribution < -0.4 is 10.9 Å². The lowest BCUT2D eigenvalue weighted by atomic mass is 10.1. The Bertz CT molecular complexity index is 781. The average molecular weight is 309 g/mol. The molecule has 1 heterocycles. The van der Waals surface area contributed by atoms with Crippen LogP contribution in [0.4, 0.5) is 24.8 Å². The van der Waals surface area contributed by atoms with Crippen molar-refractivity contribution in [1.29, 1.82) is 0 Å². The second-order valence-electron chi connectivity index (χ2n) is 5.32. The van der Waals surface area contributed by atoms with E-state index < -0.39 is 17.4 Å². The highest BCUT2D eigenvalue weighted by molar-refractivity contribution is 5.57. The highest BCUT2D eigenvalue weighted by Crippen LogP contribution is 2.29. The number of nitrogens with zero attached hydrogens (tertiary/aromatic N) is 2. The van der Waals surface area contributed by atoms with E-state index in [2.05, 4.69) is 10.3 Å². The second kappa shape index (κ2) is 5.15. The van der Waals surface area contributed by atoms with Crippen LogP contribution in [0.1, 0.15) is 23.2 Å². The number of alkyl halides is 3. The SMILES string of the molecule is Cn1c(Nc2ccc3c(c2)CCC3)nc(C(F)(F)F)cc1=O. The number of hydrogen-bond acceptors (Lipinski definition) is 3. The van der Waals surface area contributed by atoms with Crippen LogP contribution in [-0.2, 0) is 26.1 Å². The minimum atomic E-state index is -4.65. The van der Waals surface area contributed by atoms with Crippen molar-refractivity contribution in [2.45, 2.75) is 25.4 Å². The fourth-order valence-corrected chi connectivity index (χ4v) is 2.58. The maximum absolute atomic E-state index is 12.8. The zero-order valence-electron chi connectivity index (χ0n) is 11.9. The fraction of sp³-hybridized carbons (Fsp3) is 0.333. The van der Waals surface area contributed by atoms with Gasteiger partial charge in [-0.3, -0.25) is 9.36 Å². The van der Waals surface area contributed by atoms with E-state index in [-0.39, 0.29) is 5.95 Å². The summed E-state index contributed by atoms with van der Waals surface area (Å²) < 4.78 is 39.3. The Labute approximate surface area is 124 Å². The van der Waals surface area contributed by atoms with Crippen molar-refractivity contribution in [1.82, 2.24) is 9.55 Å². The topological polar surface area (TPSA) is 46.9 Å². The molecule has 0 atom stereocenters. The molecule has 3 rings (SSSR count). The van der Waals surface area contributed by atoms with E-state index in [1.807, 2.05) is 12.1 Å². The van der Waals surface area contributed by atoms with E-state index >= 15 is 0 Å². The lowest BCUT2D eigenvalue weighted by Crippen LogP contribution is -2.24. The number of aromatic nitrogens is 2. The van der Waals surface area contributed by atoms with Gasteiger partial charge in [0.05, 0.1) is 0 Å². The maximum Gasteiger partial charge on any atom is 0.433 e. The van der Waals surface area contributed by atoms with E-state index in [0.717, 1.165) is 23.8 Å². The molecule has 7 heteroatoms. The molecule has 116 valence electrons. The van der Waals surface area contributed by atoms with Crippen molar-refractivity contribution in [3.05, 3.63) is 51.4 Å². The minimum Gasteiger partial charge on any atom is -0.326 e. The second-order valence-corrected chi connectivity index (χ2v) is 5.32. The molecule has 1 aliphatic rings. The molecule has 0 saturated heterocycles. The minimum absolute atomic E-state index is 0.127. The molecule has 0 unspecified atom stereocenters. The van der Waals surface area contributed by atoms with Crippen molar-refractivity contribution in [3.8, 4) is 0 Å². The molecule has 0 radical (unpaired) electrons. The van der Waals surface area contributed by atoms with Gasteiger partial charge in [0.2, 0.25) is 5.95 Å². The van der Waals surface area contributed by atoms with Crippen LogP contribution >= 0.6 is 0 Å². The van der Waals surface area contributed by atoms with Crippen LogP contribution in [0.5, 0.6) is 0 Å². The molecule has 1 aromatic heterocycles. The summed E-state index contributed by atoms with van der Waals surface area (Å²) in [5.41, 5.74) is 1.12. The third-order valence-corrected chi connectivity index (χ3v) is 3.78. The van der Waals surface area contributed by atoms with Crippen LogP contribution in [0.25, 0.3) is 0 Å². The number of aryl methyl sites for hydroxylation is 2. The van der Waals surface area contributed by atoms with Crippen molar-refractivity contribution in [2.24, 2.45) is 7.05 Å². The smallest absolute Gasteiger partial charge is 0.326 e. The fourth-order valence-electron chi connectivity index (χ4n) is 2.58. The number of nitrogens with one attached hydrogen (secondary N) is 1. The summed E-state index contributed by atoms with van der Waals surface area (Å²) in [5.74, 6) is -0.127. The number of fused-ring (bicyclic) bond motifs is 1. The van der Waals surface area contributed by atoms with Crippen molar-refractivity contribution >= 4 is 11.6 Å². The Hall–Kier alpha value is -2.31. The molecule has 22 heavy (non-hydrogen) atoms. The number of hydrogen-bond donors (Lipinski definition) is 1. The molecule has 1 N–H and O–H groups in total. The lowest BCUT2D eigenvalue weighted by Gasteiger charge is -2.13. The molecule has 0 amide bonds. The van der Waals surface area contributed by atoms with Crippen LogP contribution in [0.3, 0.4) is 0 Å². The van der Waals surface area contributed by atoms with E-state index in [0.29, 0.717) is 11.8 Å². The van der Waals surface area contributed by atoms with Gasteiger partial charge in [0.15, 0.2) is 5.69 Å². The Balaban J connectivity index is 1.98. The largest absolute Gasteiger partial charge is 0.433 e. The first-order valence-corrected chi connectivity index (χ1v) is 6.89. The van der Waals surface area contributed by atoms with Gasteiger partial charge in [-0.2, -0.15) is 13.2 Å². The van der Waals surface area contributed by atoms with Gasteiger partial charge in [0.1, 0.15) is 0 Å². The molecule has 0 bridgehead atoms. The highest BCUT2D eigenvalue weighted by atomic mass is 19.4. The molecule has 1 aliphatic carbocycles. The Kier molecular flexibility index (Phi) is 3.42. The zero-order chi connectivity index (χ0) is 15.9. The quantitative estimate of drug-likeness (QED) is 0.927. The normalized spacial score (nSPS) is 14.0. The summed E-state index contributed by atoms with van der Waals surface area (Å²) in [6.45, 7) is 0. The van der Waals surface area contributed by atoms with Gasteiger partial charge in [-0.05, 0) is 42.5 Å². The molecule has 0 fully saturated rings. The molecule has 4 nitrogen and oxygen atoms in total. The first-order valence-electron chi connectivity index (χ1n) is 6.89. The predicted molar refractivity (Wildman–Crippen MR) is 76.2 cm³/mol. The maximum atomic E-state index is 12.8. The summed E-state index contributed by atoms with van der Waals surface area (Å²) in [7, 11) is 1.38. The van der Waals surface area contributed by atoms with E-state index in [1.165, 1.54) is 18.2 Å². The van der Waals surface area contributed by atoms with Gasteiger partial charge < -0.3 is 5.32 Å². The first kappa shape index (κ1) is 14.6. The van der Waals surface area contributed by atoms with Gasteiger partial charge in [-0.1, -0.05) is 6.07 Å². The number of benzene rings is 1. The molecule has 0 saturated carbocycles. The summed E-state index contributed by atoms with van der Waals surface area (Å²) >= 11 is 0. The summed E-state index contributed by atoms with van der Waals surface area (Å²) in [6.07, 6.45) is -1.59. The summed E-state index contributed by atoms with van der Waals surface area (Å²) in [6, 6.07) is 6.13. The van der Waals surface area contributed by atoms with Gasteiger partial charge in [0, 0.05) is 18.8 Å². The molecule has 0 spiro atoms. The van der Waals surface area contributed by atoms with Crippen LogP contribution in [-0.4, -0.2) is 9.55 Å². The molecule has 1 aromatic carbocycles. The predicted octanol–water partition coefficient (Wildman–Crippen LogP) is 3.03. The average Bonchev–Trinajstić information content (AvgIpc) is 2.90. The van der Waals surface area contributed by atoms with Crippen molar-refractivity contribution in [2.75, 3.05) is 5.32 Å². The van der Waals surface area contributed by atoms with Crippen LogP contribution in [0.15, 0.2) is 29.1 Å². The summed E-state index contributed by atoms with van der Waals surface area (Å²) in [4.78, 5) is 15.2. The van der Waals surface area contributed by atoms with Crippen molar-refractivity contribution in [3.63, 3.8) is 0 Å². The first-order chi connectivity index (χ1) is 10.3. The van der Waals surface area contributed by atoms with E-state index in [4.69, 9.17) is 0 Å². The van der Waals surface area contributed by atoms with Gasteiger partial charge in [-0.25, -0.2) is 4.98 Å². The van der Waals surface area contributed by atoms with E-state index in [1.54, 1.807) is 6.07 Å². The molecular weight excluding hydrogens is 295 g/mol. The number of rotatable bonds is 2. The van der Waals surface area contributed by atoms with Gasteiger partial charge in [0.25, 0.3) is 5.56 Å². The van der Waals surface area contributed by atoms with Crippen LogP contribution in [0.2, 0.25) is 0 Å². The van der Waals surface area contributed by atoms with Gasteiger partial charge in [-0.15, -0.1) is 0 Å². The highest BCUT2D eigenvalue weighted by Gasteiger charge is 2.34. The zero-order valence-corrected chi connectivity index (χ0v) is 11.9. The monoisotopic (exact) mass is 309 g/mol.